The van der Waals surface area contributed by atoms with E-state index in [1.54, 1.807) is 59.2 Å². The van der Waals surface area contributed by atoms with Gasteiger partial charge < -0.3 is 14.6 Å². The molecule has 0 aliphatic carbocycles. The zero-order valence-electron chi connectivity index (χ0n) is 26.8. The Morgan fingerprint density at radius 2 is 1.70 bits per heavy atom. The summed E-state index contributed by atoms with van der Waals surface area (Å²) < 4.78 is 34.0. The van der Waals surface area contributed by atoms with Gasteiger partial charge in [0.2, 0.25) is 15.8 Å². The van der Waals surface area contributed by atoms with Crippen LogP contribution in [0.3, 0.4) is 0 Å². The predicted octanol–water partition coefficient (Wildman–Crippen LogP) is 5.82. The average molecular weight is 644 g/mol. The van der Waals surface area contributed by atoms with E-state index in [1.807, 2.05) is 52.0 Å². The first-order chi connectivity index (χ1) is 21.7. The van der Waals surface area contributed by atoms with E-state index in [-0.39, 0.29) is 28.7 Å². The van der Waals surface area contributed by atoms with Crippen LogP contribution in [-0.2, 0) is 22.5 Å². The summed E-state index contributed by atoms with van der Waals surface area (Å²) in [4.78, 5) is 31.0. The lowest BCUT2D eigenvalue weighted by Gasteiger charge is -2.24. The van der Waals surface area contributed by atoms with Crippen molar-refractivity contribution in [2.75, 3.05) is 35.0 Å². The number of carbonyl (C=O) groups excluding carboxylic acids is 2. The van der Waals surface area contributed by atoms with Crippen LogP contribution in [0.15, 0.2) is 77.2 Å². The number of methoxy groups -OCH3 is 1. The van der Waals surface area contributed by atoms with E-state index in [2.05, 4.69) is 25.4 Å². The molecule has 13 heteroatoms. The largest absolute Gasteiger partial charge is 0.492 e. The third-order valence-corrected chi connectivity index (χ3v) is 8.29. The number of benzene rings is 3. The lowest BCUT2D eigenvalue weighted by Crippen LogP contribution is -2.21. The topological polar surface area (TPSA) is 147 Å². The van der Waals surface area contributed by atoms with Gasteiger partial charge in [0, 0.05) is 18.2 Å². The standard InChI is InChI=1S/C33H37N7O5S/c1-20-13-14-22(32(42)35-24-16-23(33(2,3)4)17-25(30(24)45-6)37-46(7,43)44)15-27(20)40-19-26(36-38-40)28-18-34-31(39(28)5)29(41)21-11-9-8-10-12-21/h8-18,26,37H,19H2,1-7H3,(H,35,42). The van der Waals surface area contributed by atoms with Gasteiger partial charge in [-0.1, -0.05) is 62.4 Å². The molecule has 0 saturated carbocycles. The van der Waals surface area contributed by atoms with Gasteiger partial charge in [0.1, 0.15) is 6.04 Å². The fourth-order valence-corrected chi connectivity index (χ4v) is 5.75. The Labute approximate surface area is 268 Å². The molecule has 5 rings (SSSR count). The number of aryl methyl sites for hydroxylation is 1. The number of sulfonamides is 1. The van der Waals surface area contributed by atoms with Crippen LogP contribution in [0.5, 0.6) is 5.75 Å². The minimum Gasteiger partial charge on any atom is -0.492 e. The maximum absolute atomic E-state index is 13.6. The van der Waals surface area contributed by atoms with Crippen molar-refractivity contribution >= 4 is 38.8 Å². The molecule has 1 aliphatic rings. The van der Waals surface area contributed by atoms with Gasteiger partial charge in [-0.05, 0) is 47.7 Å². The Morgan fingerprint density at radius 1 is 1.00 bits per heavy atom. The number of nitrogens with zero attached hydrogens (tertiary/aromatic N) is 5. The molecule has 0 spiro atoms. The molecule has 4 aromatic rings. The molecule has 0 bridgehead atoms. The summed E-state index contributed by atoms with van der Waals surface area (Å²) in [6, 6.07) is 17.3. The van der Waals surface area contributed by atoms with Crippen molar-refractivity contribution in [2.45, 2.75) is 39.2 Å². The number of nitrogens with one attached hydrogen (secondary N) is 2. The van der Waals surface area contributed by atoms with Crippen molar-refractivity contribution in [1.82, 2.24) is 9.55 Å². The summed E-state index contributed by atoms with van der Waals surface area (Å²) in [5.41, 5.74) is 4.22. The van der Waals surface area contributed by atoms with Crippen molar-refractivity contribution in [3.8, 4) is 5.75 Å². The normalized spacial score (nSPS) is 14.8. The second-order valence-electron chi connectivity index (χ2n) is 12.2. The summed E-state index contributed by atoms with van der Waals surface area (Å²) in [6.07, 6.45) is 2.70. The van der Waals surface area contributed by atoms with Crippen molar-refractivity contribution in [3.05, 3.63) is 101 Å². The van der Waals surface area contributed by atoms with E-state index in [0.717, 1.165) is 23.1 Å². The summed E-state index contributed by atoms with van der Waals surface area (Å²) >= 11 is 0. The quantitative estimate of drug-likeness (QED) is 0.219. The summed E-state index contributed by atoms with van der Waals surface area (Å²) in [5, 5.41) is 13.5. The van der Waals surface area contributed by atoms with Crippen molar-refractivity contribution < 1.29 is 22.7 Å². The first kappa shape index (κ1) is 32.4. The van der Waals surface area contributed by atoms with E-state index in [9.17, 15) is 18.0 Å². The summed E-state index contributed by atoms with van der Waals surface area (Å²) in [6.45, 7) is 8.26. The van der Waals surface area contributed by atoms with E-state index in [0.29, 0.717) is 34.9 Å². The highest BCUT2D eigenvalue weighted by Gasteiger charge is 2.29. The van der Waals surface area contributed by atoms with E-state index in [1.165, 1.54) is 7.11 Å². The van der Waals surface area contributed by atoms with Crippen molar-refractivity contribution in [2.24, 2.45) is 17.4 Å². The Morgan fingerprint density at radius 3 is 2.35 bits per heavy atom. The Kier molecular flexibility index (Phi) is 8.72. The first-order valence-corrected chi connectivity index (χ1v) is 16.5. The molecule has 0 fully saturated rings. The number of hydrogen-bond donors (Lipinski definition) is 2. The highest BCUT2D eigenvalue weighted by Crippen LogP contribution is 2.39. The number of imidazole rings is 1. The molecule has 2 heterocycles. The van der Waals surface area contributed by atoms with Crippen molar-refractivity contribution in [3.63, 3.8) is 0 Å². The van der Waals surface area contributed by atoms with Gasteiger partial charge >= 0.3 is 0 Å². The molecule has 240 valence electrons. The molecule has 12 nitrogen and oxygen atoms in total. The summed E-state index contributed by atoms with van der Waals surface area (Å²) in [5.74, 6) is -0.0963. The molecule has 2 N–H and O–H groups in total. The summed E-state index contributed by atoms with van der Waals surface area (Å²) in [7, 11) is -0.424. The van der Waals surface area contributed by atoms with E-state index >= 15 is 0 Å². The Balaban J connectivity index is 1.39. The van der Waals surface area contributed by atoms with Crippen LogP contribution in [-0.4, -0.2) is 49.6 Å². The number of aromatic nitrogens is 2. The van der Waals surface area contributed by atoms with Crippen LogP contribution < -0.4 is 19.8 Å². The van der Waals surface area contributed by atoms with Crippen LogP contribution >= 0.6 is 0 Å². The van der Waals surface area contributed by atoms with Gasteiger partial charge in [-0.2, -0.15) is 5.11 Å². The van der Waals surface area contributed by atoms with E-state index in [4.69, 9.17) is 4.74 Å². The molecular weight excluding hydrogens is 606 g/mol. The van der Waals surface area contributed by atoms with Crippen LogP contribution in [0.2, 0.25) is 0 Å². The second kappa shape index (κ2) is 12.4. The number of hydrogen-bond acceptors (Lipinski definition) is 9. The SMILES string of the molecule is COc1c(NC(=O)c2ccc(C)c(N3CC(c4cnc(C(=O)c5ccccc5)n4C)N=N3)c2)cc(C(C)(C)C)cc1NS(C)(=O)=O. The average Bonchev–Trinajstić information content (AvgIpc) is 3.62. The first-order valence-electron chi connectivity index (χ1n) is 14.6. The second-order valence-corrected chi connectivity index (χ2v) is 14.0. The number of ketones is 1. The number of ether oxygens (including phenoxy) is 1. The molecular formula is C33H37N7O5S. The maximum Gasteiger partial charge on any atom is 0.255 e. The molecule has 1 aromatic heterocycles. The van der Waals surface area contributed by atoms with Gasteiger partial charge in [0.05, 0.1) is 48.9 Å². The fourth-order valence-electron chi connectivity index (χ4n) is 5.20. The van der Waals surface area contributed by atoms with Gasteiger partial charge in [0.25, 0.3) is 5.91 Å². The maximum atomic E-state index is 13.6. The van der Waals surface area contributed by atoms with Crippen molar-refractivity contribution in [1.29, 1.82) is 0 Å². The number of amides is 1. The predicted molar refractivity (Wildman–Crippen MR) is 177 cm³/mol. The lowest BCUT2D eigenvalue weighted by atomic mass is 9.86. The highest BCUT2D eigenvalue weighted by molar-refractivity contribution is 7.92. The zero-order chi connectivity index (χ0) is 33.4. The highest BCUT2D eigenvalue weighted by atomic mass is 32.2. The molecule has 46 heavy (non-hydrogen) atoms. The minimum absolute atomic E-state index is 0.181. The Hall–Kier alpha value is -5.04. The van der Waals surface area contributed by atoms with Gasteiger partial charge in [-0.15, -0.1) is 0 Å². The third kappa shape index (κ3) is 6.79. The Bertz CT molecular complexity index is 1950. The van der Waals surface area contributed by atoms with Crippen LogP contribution in [0.25, 0.3) is 0 Å². The van der Waals surface area contributed by atoms with Crippen LogP contribution in [0.4, 0.5) is 17.1 Å². The van der Waals surface area contributed by atoms with Crippen LogP contribution in [0, 0.1) is 6.92 Å². The monoisotopic (exact) mass is 643 g/mol. The molecule has 3 aromatic carbocycles. The van der Waals surface area contributed by atoms with Gasteiger partial charge in [-0.3, -0.25) is 14.3 Å². The fraction of sp³-hybridized carbons (Fsp3) is 0.303. The molecule has 0 saturated heterocycles. The molecule has 1 amide bonds. The molecule has 1 aliphatic heterocycles. The number of carbonyl (C=O) groups is 2. The number of rotatable bonds is 9. The lowest BCUT2D eigenvalue weighted by molar-refractivity contribution is 0.101. The molecule has 1 unspecified atom stereocenters. The smallest absolute Gasteiger partial charge is 0.255 e. The minimum atomic E-state index is -3.62. The van der Waals surface area contributed by atoms with Gasteiger partial charge in [0.15, 0.2) is 11.6 Å². The molecule has 1 atom stereocenters. The number of anilines is 3. The van der Waals surface area contributed by atoms with Crippen LogP contribution in [0.1, 0.15) is 70.2 Å². The van der Waals surface area contributed by atoms with Gasteiger partial charge in [-0.25, -0.2) is 18.4 Å². The molecule has 0 radical (unpaired) electrons. The third-order valence-electron chi connectivity index (χ3n) is 7.70. The van der Waals surface area contributed by atoms with E-state index < -0.39 is 15.9 Å². The zero-order valence-corrected chi connectivity index (χ0v) is 27.6.